The second-order valence-electron chi connectivity index (χ2n) is 4.94. The minimum Gasteiger partial charge on any atom is -0.481 e. The van der Waals surface area contributed by atoms with Gasteiger partial charge >= 0.3 is 5.69 Å². The van der Waals surface area contributed by atoms with Crippen LogP contribution >= 0.6 is 0 Å². The van der Waals surface area contributed by atoms with Crippen LogP contribution in [0, 0.1) is 10.1 Å². The maximum Gasteiger partial charge on any atom is 0.312 e. The van der Waals surface area contributed by atoms with Gasteiger partial charge in [-0.1, -0.05) is 0 Å². The SMILES string of the molecule is COc1ccc2[nH]cc([N+](=O)[O-])c2n1.COc1ccc2[nH]ccc2n1. The highest BCUT2D eigenvalue weighted by molar-refractivity contribution is 5.85. The first-order valence-electron chi connectivity index (χ1n) is 7.27. The van der Waals surface area contributed by atoms with Crippen molar-refractivity contribution in [2.75, 3.05) is 14.2 Å². The van der Waals surface area contributed by atoms with Crippen molar-refractivity contribution in [3.8, 4) is 11.8 Å². The summed E-state index contributed by atoms with van der Waals surface area (Å²) in [6.07, 6.45) is 3.17. The fraction of sp³-hybridized carbons (Fsp3) is 0.125. The smallest absolute Gasteiger partial charge is 0.312 e. The van der Waals surface area contributed by atoms with Gasteiger partial charge in [-0.25, -0.2) is 9.97 Å². The number of aromatic nitrogens is 4. The summed E-state index contributed by atoms with van der Waals surface area (Å²) in [5, 5.41) is 10.6. The molecule has 4 aromatic rings. The molecule has 0 aliphatic heterocycles. The number of nitrogens with zero attached hydrogens (tertiary/aromatic N) is 3. The summed E-state index contributed by atoms with van der Waals surface area (Å²) in [7, 11) is 3.08. The predicted octanol–water partition coefficient (Wildman–Crippen LogP) is 3.05. The third-order valence-corrected chi connectivity index (χ3v) is 3.47. The number of fused-ring (bicyclic) bond motifs is 2. The maximum absolute atomic E-state index is 10.6. The Morgan fingerprint density at radius 2 is 1.64 bits per heavy atom. The first-order valence-corrected chi connectivity index (χ1v) is 7.27. The van der Waals surface area contributed by atoms with Crippen LogP contribution in [-0.4, -0.2) is 39.1 Å². The van der Waals surface area contributed by atoms with E-state index in [9.17, 15) is 10.1 Å². The van der Waals surface area contributed by atoms with Gasteiger partial charge in [-0.3, -0.25) is 10.1 Å². The third kappa shape index (κ3) is 3.34. The van der Waals surface area contributed by atoms with Gasteiger partial charge in [0.25, 0.3) is 0 Å². The van der Waals surface area contributed by atoms with Gasteiger partial charge in [-0.05, 0) is 18.2 Å². The lowest BCUT2D eigenvalue weighted by Crippen LogP contribution is -1.89. The Labute approximate surface area is 141 Å². The van der Waals surface area contributed by atoms with Crippen molar-refractivity contribution < 1.29 is 14.4 Å². The highest BCUT2D eigenvalue weighted by atomic mass is 16.6. The number of H-pyrrole nitrogens is 2. The van der Waals surface area contributed by atoms with Crippen LogP contribution in [0.1, 0.15) is 0 Å². The molecule has 2 N–H and O–H groups in total. The van der Waals surface area contributed by atoms with E-state index in [1.54, 1.807) is 19.2 Å². The van der Waals surface area contributed by atoms with Crippen LogP contribution in [0.2, 0.25) is 0 Å². The van der Waals surface area contributed by atoms with Gasteiger partial charge in [-0.2, -0.15) is 0 Å². The molecule has 4 rings (SSSR count). The Balaban J connectivity index is 0.000000150. The molecule has 0 saturated carbocycles. The molecule has 0 aliphatic rings. The average molecular weight is 341 g/mol. The number of nitro groups is 1. The molecule has 0 fully saturated rings. The van der Waals surface area contributed by atoms with Gasteiger partial charge in [0.15, 0.2) is 5.52 Å². The van der Waals surface area contributed by atoms with Crippen molar-refractivity contribution in [3.63, 3.8) is 0 Å². The maximum atomic E-state index is 10.6. The van der Waals surface area contributed by atoms with E-state index in [0.29, 0.717) is 22.8 Å². The number of pyridine rings is 2. The molecule has 0 bridgehead atoms. The van der Waals surface area contributed by atoms with Crippen molar-refractivity contribution in [2.45, 2.75) is 0 Å². The number of hydrogen-bond acceptors (Lipinski definition) is 6. The van der Waals surface area contributed by atoms with E-state index in [-0.39, 0.29) is 5.69 Å². The molecular weight excluding hydrogens is 326 g/mol. The molecule has 25 heavy (non-hydrogen) atoms. The van der Waals surface area contributed by atoms with Crippen molar-refractivity contribution in [1.29, 1.82) is 0 Å². The highest BCUT2D eigenvalue weighted by Gasteiger charge is 2.15. The van der Waals surface area contributed by atoms with Gasteiger partial charge < -0.3 is 19.4 Å². The highest BCUT2D eigenvalue weighted by Crippen LogP contribution is 2.24. The van der Waals surface area contributed by atoms with E-state index in [2.05, 4.69) is 19.9 Å². The lowest BCUT2D eigenvalue weighted by Gasteiger charge is -1.96. The summed E-state index contributed by atoms with van der Waals surface area (Å²) in [6, 6.07) is 9.02. The summed E-state index contributed by atoms with van der Waals surface area (Å²) in [6.45, 7) is 0. The zero-order valence-electron chi connectivity index (χ0n) is 13.5. The fourth-order valence-corrected chi connectivity index (χ4v) is 2.25. The Morgan fingerprint density at radius 1 is 0.960 bits per heavy atom. The van der Waals surface area contributed by atoms with Crippen LogP contribution in [0.3, 0.4) is 0 Å². The first-order chi connectivity index (χ1) is 12.1. The predicted molar refractivity (Wildman–Crippen MR) is 91.9 cm³/mol. The topological polar surface area (TPSA) is 119 Å². The van der Waals surface area contributed by atoms with E-state index in [4.69, 9.17) is 9.47 Å². The largest absolute Gasteiger partial charge is 0.481 e. The molecule has 4 aromatic heterocycles. The fourth-order valence-electron chi connectivity index (χ4n) is 2.25. The standard InChI is InChI=1S/C8H7N3O3.C8H8N2O/c1-14-7-3-2-5-8(10-7)6(4-9-5)11(12)13;1-11-8-3-2-6-7(10-8)4-5-9-6/h2-4,9H,1H3;2-5,9H,1H3. The molecule has 0 spiro atoms. The minimum atomic E-state index is -0.481. The van der Waals surface area contributed by atoms with Crippen molar-refractivity contribution in [2.24, 2.45) is 0 Å². The molecule has 0 saturated heterocycles. The molecule has 9 nitrogen and oxygen atoms in total. The lowest BCUT2D eigenvalue weighted by molar-refractivity contribution is -0.383. The Hall–Kier alpha value is -3.62. The van der Waals surface area contributed by atoms with Crippen LogP contribution < -0.4 is 9.47 Å². The van der Waals surface area contributed by atoms with Crippen LogP contribution in [0.25, 0.3) is 22.1 Å². The first kappa shape index (κ1) is 16.2. The number of nitrogens with one attached hydrogen (secondary N) is 2. The molecular formula is C16H15N5O4. The third-order valence-electron chi connectivity index (χ3n) is 3.47. The van der Waals surface area contributed by atoms with Gasteiger partial charge in [0.1, 0.15) is 0 Å². The molecule has 0 amide bonds. The Kier molecular flexibility index (Phi) is 4.46. The Morgan fingerprint density at radius 3 is 2.32 bits per heavy atom. The minimum absolute atomic E-state index is 0.0427. The summed E-state index contributed by atoms with van der Waals surface area (Å²) in [5.74, 6) is 1.01. The van der Waals surface area contributed by atoms with Crippen LogP contribution in [0.4, 0.5) is 5.69 Å². The van der Waals surface area contributed by atoms with Gasteiger partial charge in [-0.15, -0.1) is 0 Å². The quantitative estimate of drug-likeness (QED) is 0.436. The summed E-state index contributed by atoms with van der Waals surface area (Å²) >= 11 is 0. The van der Waals surface area contributed by atoms with E-state index in [0.717, 1.165) is 11.0 Å². The van der Waals surface area contributed by atoms with Gasteiger partial charge in [0, 0.05) is 18.3 Å². The van der Waals surface area contributed by atoms with Crippen LogP contribution in [0.15, 0.2) is 42.7 Å². The van der Waals surface area contributed by atoms with Gasteiger partial charge in [0.05, 0.1) is 41.9 Å². The number of ether oxygens (including phenoxy) is 2. The van der Waals surface area contributed by atoms with Crippen molar-refractivity contribution in [3.05, 3.63) is 52.8 Å². The van der Waals surface area contributed by atoms with Gasteiger partial charge in [0.2, 0.25) is 11.8 Å². The number of rotatable bonds is 3. The molecule has 9 heteroatoms. The van der Waals surface area contributed by atoms with Crippen LogP contribution in [0.5, 0.6) is 11.8 Å². The zero-order valence-corrected chi connectivity index (χ0v) is 13.5. The summed E-state index contributed by atoms with van der Waals surface area (Å²) < 4.78 is 9.85. The Bertz CT molecular complexity index is 1020. The number of aromatic amines is 2. The van der Waals surface area contributed by atoms with E-state index >= 15 is 0 Å². The molecule has 4 heterocycles. The second kappa shape index (κ2) is 6.87. The molecule has 0 aromatic carbocycles. The summed E-state index contributed by atoms with van der Waals surface area (Å²) in [5.41, 5.74) is 2.86. The van der Waals surface area contributed by atoms with Crippen LogP contribution in [-0.2, 0) is 0 Å². The van der Waals surface area contributed by atoms with E-state index < -0.39 is 4.92 Å². The lowest BCUT2D eigenvalue weighted by atomic mass is 10.3. The van der Waals surface area contributed by atoms with E-state index in [1.807, 2.05) is 24.4 Å². The van der Waals surface area contributed by atoms with Crippen molar-refractivity contribution >= 4 is 27.8 Å². The molecule has 0 unspecified atom stereocenters. The number of methoxy groups -OCH3 is 2. The second-order valence-corrected chi connectivity index (χ2v) is 4.94. The molecule has 0 radical (unpaired) electrons. The van der Waals surface area contributed by atoms with Crippen molar-refractivity contribution in [1.82, 2.24) is 19.9 Å². The number of hydrogen-bond donors (Lipinski definition) is 2. The molecule has 128 valence electrons. The zero-order chi connectivity index (χ0) is 17.8. The molecule has 0 atom stereocenters. The normalized spacial score (nSPS) is 10.3. The average Bonchev–Trinajstić information content (AvgIpc) is 3.27. The monoisotopic (exact) mass is 341 g/mol. The summed E-state index contributed by atoms with van der Waals surface area (Å²) in [4.78, 5) is 24.1. The van der Waals surface area contributed by atoms with E-state index in [1.165, 1.54) is 13.3 Å². The molecule has 0 aliphatic carbocycles.